The van der Waals surface area contributed by atoms with E-state index in [9.17, 15) is 24.6 Å². The highest BCUT2D eigenvalue weighted by molar-refractivity contribution is 5.98. The van der Waals surface area contributed by atoms with Crippen LogP contribution in [0.2, 0.25) is 0 Å². The van der Waals surface area contributed by atoms with E-state index in [0.717, 1.165) is 5.56 Å². The number of carboxylic acid groups (broad SMARTS) is 1. The van der Waals surface area contributed by atoms with Crippen LogP contribution in [0.5, 0.6) is 0 Å². The predicted octanol–water partition coefficient (Wildman–Crippen LogP) is 2.61. The van der Waals surface area contributed by atoms with Crippen molar-refractivity contribution in [1.82, 2.24) is 15.5 Å². The number of carbonyl (C=O) groups is 3. The van der Waals surface area contributed by atoms with Gasteiger partial charge in [0, 0.05) is 25.2 Å². The molecule has 1 aromatic carbocycles. The second kappa shape index (κ2) is 9.68. The first-order valence-electron chi connectivity index (χ1n) is 10.7. The molecule has 0 bridgehead atoms. The Balaban J connectivity index is 1.96. The van der Waals surface area contributed by atoms with Gasteiger partial charge in [-0.1, -0.05) is 52.8 Å². The topological polar surface area (TPSA) is 119 Å². The van der Waals surface area contributed by atoms with E-state index in [1.807, 2.05) is 52.8 Å². The zero-order chi connectivity index (χ0) is 23.4. The van der Waals surface area contributed by atoms with Crippen LogP contribution in [0.25, 0.3) is 0 Å². The lowest BCUT2D eigenvalue weighted by Crippen LogP contribution is -2.66. The number of amides is 3. The lowest BCUT2D eigenvalue weighted by atomic mass is 9.68. The van der Waals surface area contributed by atoms with Gasteiger partial charge in [-0.15, -0.1) is 0 Å². The van der Waals surface area contributed by atoms with Gasteiger partial charge in [0.25, 0.3) is 5.91 Å². The van der Waals surface area contributed by atoms with Crippen LogP contribution in [-0.4, -0.2) is 57.8 Å². The van der Waals surface area contributed by atoms with Crippen LogP contribution in [0, 0.1) is 11.3 Å². The third kappa shape index (κ3) is 5.76. The van der Waals surface area contributed by atoms with Crippen LogP contribution < -0.4 is 10.6 Å². The zero-order valence-electron chi connectivity index (χ0n) is 19.1. The molecule has 0 saturated carbocycles. The fourth-order valence-corrected chi connectivity index (χ4v) is 4.14. The number of β-amino-alcohol motifs (C(OH)–C–C–N with tert-alkyl or cyclic N) is 1. The Hall–Kier alpha value is -2.61. The molecular formula is C23H35N3O5. The highest BCUT2D eigenvalue weighted by atomic mass is 16.4. The predicted molar refractivity (Wildman–Crippen MR) is 118 cm³/mol. The molecule has 1 heterocycles. The van der Waals surface area contributed by atoms with Gasteiger partial charge >= 0.3 is 6.09 Å². The molecule has 1 aromatic rings. The molecule has 0 radical (unpaired) electrons. The van der Waals surface area contributed by atoms with Crippen molar-refractivity contribution < 1.29 is 24.6 Å². The Bertz CT molecular complexity index is 818. The molecule has 1 aliphatic heterocycles. The summed E-state index contributed by atoms with van der Waals surface area (Å²) in [4.78, 5) is 38.6. The van der Waals surface area contributed by atoms with Gasteiger partial charge in [-0.2, -0.15) is 0 Å². The van der Waals surface area contributed by atoms with Gasteiger partial charge in [0.05, 0.1) is 6.10 Å². The van der Waals surface area contributed by atoms with Crippen molar-refractivity contribution >= 4 is 17.9 Å². The number of carbonyl (C=O) groups excluding carboxylic acids is 2. The maximum absolute atomic E-state index is 13.1. The number of aliphatic hydroxyl groups excluding tert-OH is 1. The van der Waals surface area contributed by atoms with E-state index in [1.165, 1.54) is 0 Å². The second-order valence-corrected chi connectivity index (χ2v) is 9.72. The first-order valence-corrected chi connectivity index (χ1v) is 10.7. The lowest BCUT2D eigenvalue weighted by Gasteiger charge is -2.44. The molecule has 1 aliphatic rings. The van der Waals surface area contributed by atoms with Crippen LogP contribution in [0.3, 0.4) is 0 Å². The fourth-order valence-electron chi connectivity index (χ4n) is 4.14. The van der Waals surface area contributed by atoms with Gasteiger partial charge < -0.3 is 25.7 Å². The van der Waals surface area contributed by atoms with E-state index in [0.29, 0.717) is 18.5 Å². The van der Waals surface area contributed by atoms with Crippen molar-refractivity contribution in [2.24, 2.45) is 11.3 Å². The number of hydrogen-bond donors (Lipinski definition) is 4. The summed E-state index contributed by atoms with van der Waals surface area (Å²) in [6, 6.07) is 7.37. The highest BCUT2D eigenvalue weighted by Gasteiger charge is 2.50. The maximum Gasteiger partial charge on any atom is 0.405 e. The number of nitrogens with zero attached hydrogens (tertiary/aromatic N) is 1. The van der Waals surface area contributed by atoms with E-state index in [-0.39, 0.29) is 31.3 Å². The number of nitrogens with one attached hydrogen (secondary N) is 2. The summed E-state index contributed by atoms with van der Waals surface area (Å²) >= 11 is 0. The number of hydrogen-bond acceptors (Lipinski definition) is 4. The van der Waals surface area contributed by atoms with E-state index in [4.69, 9.17) is 0 Å². The summed E-state index contributed by atoms with van der Waals surface area (Å²) in [6.45, 7) is 10.2. The molecule has 2 atom stereocenters. The van der Waals surface area contributed by atoms with Crippen LogP contribution in [0.15, 0.2) is 24.3 Å². The standard InChI is InChI=1S/C23H35N3O5/c1-15(2)12-23(22(3,4)5,25-21(30)31)20(29)24-11-10-17(27)14-26-13-16-8-6-7-9-18(16)19(26)28/h6-9,15,17,25,27H,10-14H2,1-5H3,(H,24,29)(H,30,31)/t17-,23+/m0/s1. The summed E-state index contributed by atoms with van der Waals surface area (Å²) in [7, 11) is 0. The molecule has 8 nitrogen and oxygen atoms in total. The summed E-state index contributed by atoms with van der Waals surface area (Å²) in [5.74, 6) is -0.425. The van der Waals surface area contributed by atoms with Crippen molar-refractivity contribution in [3.05, 3.63) is 35.4 Å². The third-order valence-electron chi connectivity index (χ3n) is 5.79. The van der Waals surface area contributed by atoms with Crippen LogP contribution in [0.4, 0.5) is 4.79 Å². The Morgan fingerprint density at radius 3 is 2.39 bits per heavy atom. The van der Waals surface area contributed by atoms with E-state index in [1.54, 1.807) is 11.0 Å². The Labute approximate surface area is 184 Å². The minimum absolute atomic E-state index is 0.0882. The zero-order valence-corrected chi connectivity index (χ0v) is 19.1. The Kier molecular flexibility index (Phi) is 7.70. The van der Waals surface area contributed by atoms with Gasteiger partial charge in [-0.05, 0) is 35.8 Å². The SMILES string of the molecule is CC(C)C[C@@](NC(=O)O)(C(=O)NCC[C@H](O)CN1Cc2ccccc2C1=O)C(C)(C)C. The largest absolute Gasteiger partial charge is 0.465 e. The molecule has 31 heavy (non-hydrogen) atoms. The highest BCUT2D eigenvalue weighted by Crippen LogP contribution is 2.36. The quantitative estimate of drug-likeness (QED) is 0.477. The second-order valence-electron chi connectivity index (χ2n) is 9.72. The Morgan fingerprint density at radius 2 is 1.84 bits per heavy atom. The summed E-state index contributed by atoms with van der Waals surface area (Å²) in [5.41, 5.74) is -0.362. The van der Waals surface area contributed by atoms with Gasteiger partial charge in [-0.25, -0.2) is 4.79 Å². The minimum Gasteiger partial charge on any atom is -0.465 e. The molecule has 4 N–H and O–H groups in total. The van der Waals surface area contributed by atoms with Gasteiger partial charge in [0.15, 0.2) is 0 Å². The number of fused-ring (bicyclic) bond motifs is 1. The molecule has 0 unspecified atom stereocenters. The number of aliphatic hydroxyl groups is 1. The monoisotopic (exact) mass is 433 g/mol. The molecule has 3 amide bonds. The van der Waals surface area contributed by atoms with Crippen molar-refractivity contribution in [3.63, 3.8) is 0 Å². The van der Waals surface area contributed by atoms with E-state index >= 15 is 0 Å². The smallest absolute Gasteiger partial charge is 0.405 e. The van der Waals surface area contributed by atoms with Crippen LogP contribution in [0.1, 0.15) is 63.4 Å². The van der Waals surface area contributed by atoms with Crippen molar-refractivity contribution in [1.29, 1.82) is 0 Å². The molecule has 0 fully saturated rings. The average molecular weight is 434 g/mol. The molecule has 0 aromatic heterocycles. The molecule has 8 heteroatoms. The summed E-state index contributed by atoms with van der Waals surface area (Å²) in [5, 5.41) is 25.1. The Morgan fingerprint density at radius 1 is 1.19 bits per heavy atom. The van der Waals surface area contributed by atoms with E-state index < -0.39 is 29.1 Å². The fraction of sp³-hybridized carbons (Fsp3) is 0.609. The van der Waals surface area contributed by atoms with Crippen molar-refractivity contribution in [3.8, 4) is 0 Å². The maximum atomic E-state index is 13.1. The molecule has 0 spiro atoms. The van der Waals surface area contributed by atoms with Gasteiger partial charge in [0.1, 0.15) is 5.54 Å². The molecule has 172 valence electrons. The lowest BCUT2D eigenvalue weighted by molar-refractivity contribution is -0.133. The third-order valence-corrected chi connectivity index (χ3v) is 5.79. The first kappa shape index (κ1) is 24.7. The van der Waals surface area contributed by atoms with Crippen molar-refractivity contribution in [2.75, 3.05) is 13.1 Å². The van der Waals surface area contributed by atoms with Crippen LogP contribution in [-0.2, 0) is 11.3 Å². The molecule has 0 aliphatic carbocycles. The normalized spacial score (nSPS) is 16.6. The van der Waals surface area contributed by atoms with Crippen molar-refractivity contribution in [2.45, 2.75) is 65.6 Å². The number of benzene rings is 1. The summed E-state index contributed by atoms with van der Waals surface area (Å²) in [6.07, 6.45) is -1.46. The van der Waals surface area contributed by atoms with Crippen LogP contribution >= 0.6 is 0 Å². The minimum atomic E-state index is -1.30. The first-order chi connectivity index (χ1) is 14.4. The summed E-state index contributed by atoms with van der Waals surface area (Å²) < 4.78 is 0. The molecular weight excluding hydrogens is 398 g/mol. The molecule has 2 rings (SSSR count). The number of rotatable bonds is 9. The molecule has 0 saturated heterocycles. The van der Waals surface area contributed by atoms with Gasteiger partial charge in [-0.3, -0.25) is 9.59 Å². The average Bonchev–Trinajstić information content (AvgIpc) is 2.95. The van der Waals surface area contributed by atoms with E-state index in [2.05, 4.69) is 10.6 Å². The van der Waals surface area contributed by atoms with Gasteiger partial charge in [0.2, 0.25) is 5.91 Å².